The molecule has 1 rings (SSSR count). The molecule has 0 saturated carbocycles. The Labute approximate surface area is 130 Å². The van der Waals surface area contributed by atoms with Crippen molar-refractivity contribution in [1.29, 1.82) is 5.26 Å². The number of anilines is 1. The smallest absolute Gasteiger partial charge is 0.101 e. The predicted molar refractivity (Wildman–Crippen MR) is 90.5 cm³/mol. The number of rotatable bonds is 7. The van der Waals surface area contributed by atoms with Gasteiger partial charge < -0.3 is 10.2 Å². The summed E-state index contributed by atoms with van der Waals surface area (Å²) in [7, 11) is 0. The van der Waals surface area contributed by atoms with Crippen molar-refractivity contribution in [3.63, 3.8) is 0 Å². The third kappa shape index (κ3) is 5.77. The first-order valence-corrected chi connectivity index (χ1v) is 7.94. The number of unbranched alkanes of at least 4 members (excludes halogenated alkanes) is 1. The highest BCUT2D eigenvalue weighted by Gasteiger charge is 2.12. The molecule has 1 aromatic rings. The molecule has 1 N–H and O–H groups in total. The van der Waals surface area contributed by atoms with Gasteiger partial charge in [0.2, 0.25) is 0 Å². The summed E-state index contributed by atoms with van der Waals surface area (Å²) in [6.07, 6.45) is 2.33. The first-order valence-electron chi connectivity index (χ1n) is 7.94. The van der Waals surface area contributed by atoms with Gasteiger partial charge in [-0.1, -0.05) is 19.4 Å². The van der Waals surface area contributed by atoms with Crippen LogP contribution in [-0.4, -0.2) is 18.6 Å². The summed E-state index contributed by atoms with van der Waals surface area (Å²) < 4.78 is 0. The van der Waals surface area contributed by atoms with Crippen LogP contribution in [0.2, 0.25) is 0 Å². The maximum absolute atomic E-state index is 9.44. The minimum absolute atomic E-state index is 0.0854. The van der Waals surface area contributed by atoms with Crippen LogP contribution in [0.4, 0.5) is 5.69 Å². The van der Waals surface area contributed by atoms with Gasteiger partial charge in [0, 0.05) is 25.2 Å². The highest BCUT2D eigenvalue weighted by Crippen LogP contribution is 2.22. The summed E-state index contributed by atoms with van der Waals surface area (Å²) in [5, 5.41) is 12.9. The van der Waals surface area contributed by atoms with Crippen LogP contribution >= 0.6 is 0 Å². The van der Waals surface area contributed by atoms with Crippen LogP contribution in [0.15, 0.2) is 18.2 Å². The molecule has 0 radical (unpaired) electrons. The molecule has 0 atom stereocenters. The monoisotopic (exact) mass is 287 g/mol. The Morgan fingerprint density at radius 3 is 2.48 bits per heavy atom. The van der Waals surface area contributed by atoms with E-state index in [0.717, 1.165) is 42.9 Å². The second-order valence-electron chi connectivity index (χ2n) is 6.50. The van der Waals surface area contributed by atoms with Crippen LogP contribution in [0.5, 0.6) is 0 Å². The highest BCUT2D eigenvalue weighted by atomic mass is 15.1. The molecular formula is C18H29N3. The lowest BCUT2D eigenvalue weighted by Gasteiger charge is -2.25. The summed E-state index contributed by atoms with van der Waals surface area (Å²) in [6, 6.07) is 8.59. The van der Waals surface area contributed by atoms with E-state index in [1.807, 2.05) is 6.07 Å². The fourth-order valence-electron chi connectivity index (χ4n) is 2.22. The largest absolute Gasteiger partial charge is 0.371 e. The lowest BCUT2D eigenvalue weighted by atomic mass is 10.1. The average Bonchev–Trinajstić information content (AvgIpc) is 2.45. The summed E-state index contributed by atoms with van der Waals surface area (Å²) in [5.41, 5.74) is 3.09. The van der Waals surface area contributed by atoms with Crippen molar-refractivity contribution >= 4 is 5.69 Å². The van der Waals surface area contributed by atoms with Crippen LogP contribution < -0.4 is 10.2 Å². The van der Waals surface area contributed by atoms with E-state index >= 15 is 0 Å². The van der Waals surface area contributed by atoms with Gasteiger partial charge in [-0.05, 0) is 51.8 Å². The van der Waals surface area contributed by atoms with Gasteiger partial charge in [0.1, 0.15) is 6.07 Å². The third-order valence-corrected chi connectivity index (χ3v) is 3.51. The van der Waals surface area contributed by atoms with Crippen molar-refractivity contribution < 1.29 is 0 Å². The Morgan fingerprint density at radius 2 is 1.95 bits per heavy atom. The molecule has 1 aromatic carbocycles. The van der Waals surface area contributed by atoms with Gasteiger partial charge in [-0.3, -0.25) is 0 Å². The minimum atomic E-state index is 0.0854. The molecule has 0 saturated heterocycles. The Morgan fingerprint density at radius 1 is 1.24 bits per heavy atom. The van der Waals surface area contributed by atoms with Gasteiger partial charge in [0.15, 0.2) is 0 Å². The zero-order chi connectivity index (χ0) is 15.9. The van der Waals surface area contributed by atoms with Gasteiger partial charge in [0.25, 0.3) is 0 Å². The van der Waals surface area contributed by atoms with Crippen molar-refractivity contribution in [2.24, 2.45) is 0 Å². The topological polar surface area (TPSA) is 39.1 Å². The number of benzene rings is 1. The van der Waals surface area contributed by atoms with Crippen LogP contribution in [0.25, 0.3) is 0 Å². The molecule has 0 fully saturated rings. The molecule has 0 aliphatic heterocycles. The van der Waals surface area contributed by atoms with Crippen LogP contribution in [0.3, 0.4) is 0 Å². The number of nitrogens with zero attached hydrogens (tertiary/aromatic N) is 2. The Bertz CT molecular complexity index is 480. The van der Waals surface area contributed by atoms with E-state index in [2.05, 4.69) is 63.0 Å². The Kier molecular flexibility index (Phi) is 6.71. The molecule has 0 aliphatic rings. The SMILES string of the molecule is CCCCN(CC)c1ccc(CNC(C)(C)C)cc1C#N. The molecule has 21 heavy (non-hydrogen) atoms. The maximum Gasteiger partial charge on any atom is 0.101 e. The van der Waals surface area contributed by atoms with E-state index in [4.69, 9.17) is 0 Å². The summed E-state index contributed by atoms with van der Waals surface area (Å²) in [4.78, 5) is 2.29. The third-order valence-electron chi connectivity index (χ3n) is 3.51. The van der Waals surface area contributed by atoms with Crippen molar-refractivity contribution in [1.82, 2.24) is 5.32 Å². The summed E-state index contributed by atoms with van der Waals surface area (Å²) >= 11 is 0. The molecule has 0 aromatic heterocycles. The molecule has 0 heterocycles. The lowest BCUT2D eigenvalue weighted by Crippen LogP contribution is -2.35. The zero-order valence-corrected chi connectivity index (χ0v) is 14.2. The molecular weight excluding hydrogens is 258 g/mol. The van der Waals surface area contributed by atoms with E-state index in [1.54, 1.807) is 0 Å². The van der Waals surface area contributed by atoms with Crippen molar-refractivity contribution in [3.05, 3.63) is 29.3 Å². The zero-order valence-electron chi connectivity index (χ0n) is 14.2. The van der Waals surface area contributed by atoms with Crippen LogP contribution in [0, 0.1) is 11.3 Å². The van der Waals surface area contributed by atoms with E-state index < -0.39 is 0 Å². The van der Waals surface area contributed by atoms with E-state index in [-0.39, 0.29) is 5.54 Å². The van der Waals surface area contributed by atoms with Crippen molar-refractivity contribution in [2.45, 2.75) is 59.5 Å². The number of nitrogens with one attached hydrogen (secondary N) is 1. The fraction of sp³-hybridized carbons (Fsp3) is 0.611. The summed E-state index contributed by atoms with van der Waals surface area (Å²) in [6.45, 7) is 13.5. The predicted octanol–water partition coefficient (Wildman–Crippen LogP) is 4.07. The Balaban J connectivity index is 2.90. The molecule has 3 heteroatoms. The number of hydrogen-bond donors (Lipinski definition) is 1. The first kappa shape index (κ1) is 17.5. The van der Waals surface area contributed by atoms with Gasteiger partial charge in [0.05, 0.1) is 11.3 Å². The molecule has 3 nitrogen and oxygen atoms in total. The fourth-order valence-corrected chi connectivity index (χ4v) is 2.22. The number of hydrogen-bond acceptors (Lipinski definition) is 3. The normalized spacial score (nSPS) is 11.2. The molecule has 0 unspecified atom stereocenters. The van der Waals surface area contributed by atoms with Gasteiger partial charge in [-0.2, -0.15) is 5.26 Å². The quantitative estimate of drug-likeness (QED) is 0.821. The minimum Gasteiger partial charge on any atom is -0.371 e. The summed E-state index contributed by atoms with van der Waals surface area (Å²) in [5.74, 6) is 0. The van der Waals surface area contributed by atoms with E-state index in [1.165, 1.54) is 6.42 Å². The average molecular weight is 287 g/mol. The van der Waals surface area contributed by atoms with Crippen LogP contribution in [0.1, 0.15) is 58.6 Å². The van der Waals surface area contributed by atoms with Gasteiger partial charge in [-0.15, -0.1) is 0 Å². The second kappa shape index (κ2) is 8.05. The van der Waals surface area contributed by atoms with Crippen molar-refractivity contribution in [2.75, 3.05) is 18.0 Å². The molecule has 0 spiro atoms. The number of nitriles is 1. The molecule has 0 aliphatic carbocycles. The van der Waals surface area contributed by atoms with E-state index in [9.17, 15) is 5.26 Å². The molecule has 116 valence electrons. The van der Waals surface area contributed by atoms with E-state index in [0.29, 0.717) is 0 Å². The second-order valence-corrected chi connectivity index (χ2v) is 6.50. The highest BCUT2D eigenvalue weighted by molar-refractivity contribution is 5.60. The van der Waals surface area contributed by atoms with Crippen molar-refractivity contribution in [3.8, 4) is 6.07 Å². The Hall–Kier alpha value is -1.53. The maximum atomic E-state index is 9.44. The standard InChI is InChI=1S/C18H29N3/c1-6-8-11-21(7-2)17-10-9-15(12-16(17)13-19)14-20-18(3,4)5/h9-10,12,20H,6-8,11,14H2,1-5H3. The first-order chi connectivity index (χ1) is 9.91. The van der Waals surface area contributed by atoms with Gasteiger partial charge >= 0.3 is 0 Å². The van der Waals surface area contributed by atoms with Crippen LogP contribution in [-0.2, 0) is 6.54 Å². The molecule has 0 amide bonds. The molecule has 0 bridgehead atoms. The lowest BCUT2D eigenvalue weighted by molar-refractivity contribution is 0.424. The van der Waals surface area contributed by atoms with Gasteiger partial charge in [-0.25, -0.2) is 0 Å².